The number of nitrogens with zero attached hydrogens (tertiary/aromatic N) is 3. The number of carbonyl (C=O) groups is 1. The third-order valence-electron chi connectivity index (χ3n) is 3.92. The van der Waals surface area contributed by atoms with E-state index in [2.05, 4.69) is 10.2 Å². The Labute approximate surface area is 150 Å². The van der Waals surface area contributed by atoms with E-state index in [1.54, 1.807) is 31.6 Å². The molecule has 5 N–H and O–H groups in total. The summed E-state index contributed by atoms with van der Waals surface area (Å²) >= 11 is 0. The van der Waals surface area contributed by atoms with Gasteiger partial charge in [-0.05, 0) is 17.7 Å². The van der Waals surface area contributed by atoms with Crippen molar-refractivity contribution in [3.63, 3.8) is 0 Å². The van der Waals surface area contributed by atoms with Crippen LogP contribution in [0.2, 0.25) is 0 Å². The van der Waals surface area contributed by atoms with Crippen LogP contribution in [0.1, 0.15) is 5.56 Å². The number of hydrogen-bond acceptors (Lipinski definition) is 5. The first-order valence-corrected chi connectivity index (χ1v) is 7.92. The maximum Gasteiger partial charge on any atom is 0.353 e. The SMILES string of the molecule is COc1cc(N(N)C(=O)N(N)Cc2ccccc2)ccc1-c1cn[nH]c1. The number of nitrogens with one attached hydrogen (secondary N) is 1. The summed E-state index contributed by atoms with van der Waals surface area (Å²) in [7, 11) is 1.55. The topological polar surface area (TPSA) is 114 Å². The molecule has 1 heterocycles. The van der Waals surface area contributed by atoms with Gasteiger partial charge in [-0.25, -0.2) is 21.5 Å². The summed E-state index contributed by atoms with van der Waals surface area (Å²) in [5.41, 5.74) is 3.07. The quantitative estimate of drug-likeness (QED) is 0.370. The number of aromatic nitrogens is 2. The van der Waals surface area contributed by atoms with Crippen molar-refractivity contribution in [1.82, 2.24) is 15.2 Å². The number of aromatic amines is 1. The number of anilines is 1. The molecule has 8 heteroatoms. The molecule has 0 fully saturated rings. The summed E-state index contributed by atoms with van der Waals surface area (Å²) in [5.74, 6) is 12.4. The molecule has 0 aliphatic carbocycles. The molecule has 0 spiro atoms. The van der Waals surface area contributed by atoms with Crippen LogP contribution in [0.15, 0.2) is 60.9 Å². The van der Waals surface area contributed by atoms with Gasteiger partial charge in [0.1, 0.15) is 5.75 Å². The van der Waals surface area contributed by atoms with Gasteiger partial charge < -0.3 is 4.74 Å². The van der Waals surface area contributed by atoms with E-state index < -0.39 is 6.03 Å². The van der Waals surface area contributed by atoms with Crippen LogP contribution in [0, 0.1) is 0 Å². The van der Waals surface area contributed by atoms with E-state index in [4.69, 9.17) is 16.4 Å². The van der Waals surface area contributed by atoms with E-state index in [0.717, 1.165) is 26.7 Å². The zero-order valence-corrected chi connectivity index (χ0v) is 14.3. The summed E-state index contributed by atoms with van der Waals surface area (Å²) in [4.78, 5) is 12.5. The molecule has 3 aromatic rings. The second kappa shape index (κ2) is 7.68. The van der Waals surface area contributed by atoms with E-state index in [0.29, 0.717) is 11.4 Å². The third kappa shape index (κ3) is 3.66. The Bertz CT molecular complexity index is 867. The van der Waals surface area contributed by atoms with Gasteiger partial charge in [0.2, 0.25) is 0 Å². The highest BCUT2D eigenvalue weighted by Gasteiger charge is 2.19. The van der Waals surface area contributed by atoms with Gasteiger partial charge in [-0.2, -0.15) is 5.10 Å². The molecule has 2 aromatic carbocycles. The normalized spacial score (nSPS) is 10.4. The lowest BCUT2D eigenvalue weighted by atomic mass is 10.1. The first-order valence-electron chi connectivity index (χ1n) is 7.92. The van der Waals surface area contributed by atoms with E-state index >= 15 is 0 Å². The van der Waals surface area contributed by atoms with Crippen molar-refractivity contribution in [3.05, 3.63) is 66.5 Å². The minimum Gasteiger partial charge on any atom is -0.496 e. The van der Waals surface area contributed by atoms with Gasteiger partial charge in [0.05, 0.1) is 25.5 Å². The number of amides is 2. The van der Waals surface area contributed by atoms with Crippen LogP contribution >= 0.6 is 0 Å². The molecule has 0 radical (unpaired) electrons. The molecule has 0 saturated heterocycles. The molecule has 8 nitrogen and oxygen atoms in total. The van der Waals surface area contributed by atoms with E-state index in [1.165, 1.54) is 0 Å². The lowest BCUT2D eigenvalue weighted by Gasteiger charge is -2.24. The molecule has 0 aliphatic rings. The molecular weight excluding hydrogens is 332 g/mol. The Morgan fingerprint density at radius 3 is 2.62 bits per heavy atom. The highest BCUT2D eigenvalue weighted by atomic mass is 16.5. The number of methoxy groups -OCH3 is 1. The fourth-order valence-corrected chi connectivity index (χ4v) is 2.56. The van der Waals surface area contributed by atoms with Crippen LogP contribution < -0.4 is 21.4 Å². The minimum absolute atomic E-state index is 0.248. The van der Waals surface area contributed by atoms with Crippen LogP contribution in [-0.4, -0.2) is 28.3 Å². The summed E-state index contributed by atoms with van der Waals surface area (Å²) in [6.45, 7) is 0.248. The molecule has 3 rings (SSSR count). The van der Waals surface area contributed by atoms with Gasteiger partial charge in [0.25, 0.3) is 0 Å². The molecule has 26 heavy (non-hydrogen) atoms. The molecule has 0 saturated carbocycles. The Hall–Kier alpha value is -3.36. The Balaban J connectivity index is 1.78. The molecule has 2 amide bonds. The number of nitrogens with two attached hydrogens (primary N) is 2. The van der Waals surface area contributed by atoms with Crippen molar-refractivity contribution in [2.24, 2.45) is 11.7 Å². The highest BCUT2D eigenvalue weighted by Crippen LogP contribution is 2.32. The Morgan fingerprint density at radius 2 is 1.96 bits per heavy atom. The fraction of sp³-hybridized carbons (Fsp3) is 0.111. The summed E-state index contributed by atoms with van der Waals surface area (Å²) < 4.78 is 5.42. The van der Waals surface area contributed by atoms with Crippen LogP contribution in [0.3, 0.4) is 0 Å². The van der Waals surface area contributed by atoms with Crippen molar-refractivity contribution in [1.29, 1.82) is 0 Å². The third-order valence-corrected chi connectivity index (χ3v) is 3.92. The standard InChI is InChI=1S/C18H20N6O2/c1-26-17-9-15(7-8-16(17)14-10-21-22-11-14)24(20)18(25)23(19)12-13-5-3-2-4-6-13/h2-11H,12,19-20H2,1H3,(H,21,22). The predicted molar refractivity (Wildman–Crippen MR) is 98.8 cm³/mol. The van der Waals surface area contributed by atoms with Crippen molar-refractivity contribution in [2.75, 3.05) is 12.1 Å². The van der Waals surface area contributed by atoms with Gasteiger partial charge in [-0.1, -0.05) is 30.3 Å². The smallest absolute Gasteiger partial charge is 0.353 e. The Morgan fingerprint density at radius 1 is 1.19 bits per heavy atom. The van der Waals surface area contributed by atoms with Gasteiger partial charge in [0, 0.05) is 23.4 Å². The van der Waals surface area contributed by atoms with Crippen LogP contribution in [0.25, 0.3) is 11.1 Å². The summed E-state index contributed by atoms with van der Waals surface area (Å²) in [6, 6.07) is 14.1. The molecule has 1 aromatic heterocycles. The first kappa shape index (κ1) is 17.5. The van der Waals surface area contributed by atoms with Crippen LogP contribution in [-0.2, 0) is 6.54 Å². The van der Waals surface area contributed by atoms with Crippen LogP contribution in [0.5, 0.6) is 5.75 Å². The Kier molecular flexibility index (Phi) is 5.16. The van der Waals surface area contributed by atoms with E-state index in [1.807, 2.05) is 36.4 Å². The maximum absolute atomic E-state index is 12.5. The minimum atomic E-state index is -0.535. The number of carbonyl (C=O) groups excluding carboxylic acids is 1. The van der Waals surface area contributed by atoms with Gasteiger partial charge in [-0.3, -0.25) is 10.1 Å². The van der Waals surface area contributed by atoms with Gasteiger partial charge in [-0.15, -0.1) is 0 Å². The number of hydrogen-bond donors (Lipinski definition) is 3. The number of ether oxygens (including phenoxy) is 1. The molecular formula is C18H20N6O2. The largest absolute Gasteiger partial charge is 0.496 e. The van der Waals surface area contributed by atoms with Crippen LogP contribution in [0.4, 0.5) is 10.5 Å². The summed E-state index contributed by atoms with van der Waals surface area (Å²) in [5, 5.41) is 8.74. The fourth-order valence-electron chi connectivity index (χ4n) is 2.56. The van der Waals surface area contributed by atoms with Gasteiger partial charge in [0.15, 0.2) is 0 Å². The molecule has 0 atom stereocenters. The highest BCUT2D eigenvalue weighted by molar-refractivity contribution is 5.91. The number of benzene rings is 2. The maximum atomic E-state index is 12.5. The number of urea groups is 1. The number of hydrazine groups is 2. The second-order valence-electron chi connectivity index (χ2n) is 5.64. The lowest BCUT2D eigenvalue weighted by Crippen LogP contribution is -2.50. The lowest BCUT2D eigenvalue weighted by molar-refractivity contribution is 0.203. The molecule has 0 unspecified atom stereocenters. The van der Waals surface area contributed by atoms with Gasteiger partial charge >= 0.3 is 6.03 Å². The van der Waals surface area contributed by atoms with E-state index in [-0.39, 0.29) is 6.54 Å². The van der Waals surface area contributed by atoms with Crippen molar-refractivity contribution < 1.29 is 9.53 Å². The first-order chi connectivity index (χ1) is 12.6. The number of H-pyrrole nitrogens is 1. The average molecular weight is 352 g/mol. The average Bonchev–Trinajstić information content (AvgIpc) is 3.21. The molecule has 0 aliphatic heterocycles. The van der Waals surface area contributed by atoms with Crippen molar-refractivity contribution in [2.45, 2.75) is 6.54 Å². The zero-order valence-electron chi connectivity index (χ0n) is 14.3. The molecule has 0 bridgehead atoms. The van der Waals surface area contributed by atoms with E-state index in [9.17, 15) is 4.79 Å². The zero-order chi connectivity index (χ0) is 18.5. The van der Waals surface area contributed by atoms with Crippen molar-refractivity contribution in [3.8, 4) is 16.9 Å². The monoisotopic (exact) mass is 352 g/mol. The predicted octanol–water partition coefficient (Wildman–Crippen LogP) is 2.26. The van der Waals surface area contributed by atoms with Crippen molar-refractivity contribution >= 4 is 11.7 Å². The summed E-state index contributed by atoms with van der Waals surface area (Å²) in [6.07, 6.45) is 3.44. The second-order valence-corrected chi connectivity index (χ2v) is 5.64. The molecule has 134 valence electrons. The number of rotatable bonds is 5.